The number of aromatic nitrogens is 3. The minimum atomic E-state index is 0.264. The van der Waals surface area contributed by atoms with Crippen LogP contribution >= 0.6 is 0 Å². The molecule has 0 unspecified atom stereocenters. The molecule has 126 valence electrons. The number of rotatable bonds is 5. The second-order valence-corrected chi connectivity index (χ2v) is 6.09. The molecule has 1 N–H and O–H groups in total. The molecule has 6 heteroatoms. The lowest BCUT2D eigenvalue weighted by atomic mass is 9.92. The van der Waals surface area contributed by atoms with Gasteiger partial charge in [-0.2, -0.15) is 0 Å². The van der Waals surface area contributed by atoms with Gasteiger partial charge in [0.25, 0.3) is 0 Å². The van der Waals surface area contributed by atoms with E-state index in [4.69, 9.17) is 0 Å². The fourth-order valence-electron chi connectivity index (χ4n) is 3.05. The molecule has 0 aromatic carbocycles. The highest BCUT2D eigenvalue weighted by Gasteiger charge is 2.22. The summed E-state index contributed by atoms with van der Waals surface area (Å²) < 4.78 is 0. The summed E-state index contributed by atoms with van der Waals surface area (Å²) in [5.74, 6) is 2.16. The molecule has 1 amide bonds. The summed E-state index contributed by atoms with van der Waals surface area (Å²) in [6.45, 7) is 3.66. The number of nitrogens with one attached hydrogen (secondary N) is 1. The predicted molar refractivity (Wildman–Crippen MR) is 92.9 cm³/mol. The molecule has 1 aliphatic heterocycles. The zero-order chi connectivity index (χ0) is 16.8. The molecular weight excluding hydrogens is 302 g/mol. The Kier molecular flexibility index (Phi) is 5.36. The van der Waals surface area contributed by atoms with Crippen molar-refractivity contribution < 1.29 is 4.79 Å². The third-order valence-electron chi connectivity index (χ3n) is 4.38. The largest absolute Gasteiger partial charge is 0.343 e. The molecule has 1 aliphatic rings. The first-order valence-corrected chi connectivity index (χ1v) is 8.52. The van der Waals surface area contributed by atoms with Crippen LogP contribution in [0.5, 0.6) is 0 Å². The summed E-state index contributed by atoms with van der Waals surface area (Å²) in [5.41, 5.74) is 1.07. The van der Waals surface area contributed by atoms with E-state index in [9.17, 15) is 4.79 Å². The van der Waals surface area contributed by atoms with E-state index in [0.717, 1.165) is 43.9 Å². The van der Waals surface area contributed by atoms with Gasteiger partial charge in [0, 0.05) is 37.6 Å². The molecule has 3 heterocycles. The summed E-state index contributed by atoms with van der Waals surface area (Å²) in [7, 11) is 0. The predicted octanol–water partition coefficient (Wildman–Crippen LogP) is 2.81. The fourth-order valence-corrected chi connectivity index (χ4v) is 3.05. The van der Waals surface area contributed by atoms with Gasteiger partial charge in [0.05, 0.1) is 0 Å². The standard InChI is InChI=1S/C18H23N5O/c1-2-17(24)23-11-7-14(8-12-23)13-15-5-3-6-16(21-15)22-18-19-9-4-10-20-18/h3-6,9-10,14H,2,7-8,11-13H2,1H3,(H,19,20,21,22). The Morgan fingerprint density at radius 3 is 2.67 bits per heavy atom. The van der Waals surface area contributed by atoms with Gasteiger partial charge in [-0.15, -0.1) is 0 Å². The van der Waals surface area contributed by atoms with Gasteiger partial charge in [0.15, 0.2) is 0 Å². The molecule has 1 fully saturated rings. The normalized spacial score (nSPS) is 15.3. The number of carbonyl (C=O) groups is 1. The van der Waals surface area contributed by atoms with Crippen molar-refractivity contribution in [1.29, 1.82) is 0 Å². The molecule has 1 saturated heterocycles. The molecule has 0 aliphatic carbocycles. The van der Waals surface area contributed by atoms with Crippen molar-refractivity contribution in [2.24, 2.45) is 5.92 Å². The summed E-state index contributed by atoms with van der Waals surface area (Å²) in [5, 5.41) is 3.12. The van der Waals surface area contributed by atoms with Crippen LogP contribution in [0.4, 0.5) is 11.8 Å². The van der Waals surface area contributed by atoms with E-state index in [2.05, 4.69) is 26.3 Å². The quantitative estimate of drug-likeness (QED) is 0.915. The van der Waals surface area contributed by atoms with Crippen molar-refractivity contribution >= 4 is 17.7 Å². The number of likely N-dealkylation sites (tertiary alicyclic amines) is 1. The van der Waals surface area contributed by atoms with Gasteiger partial charge >= 0.3 is 0 Å². The Morgan fingerprint density at radius 2 is 1.96 bits per heavy atom. The first-order valence-electron chi connectivity index (χ1n) is 8.52. The van der Waals surface area contributed by atoms with Gasteiger partial charge < -0.3 is 10.2 Å². The summed E-state index contributed by atoms with van der Waals surface area (Å²) in [4.78, 5) is 26.7. The van der Waals surface area contributed by atoms with Crippen LogP contribution in [0, 0.1) is 5.92 Å². The lowest BCUT2D eigenvalue weighted by molar-refractivity contribution is -0.132. The molecule has 6 nitrogen and oxygen atoms in total. The maximum Gasteiger partial charge on any atom is 0.228 e. The number of pyridine rings is 1. The Balaban J connectivity index is 1.56. The maximum absolute atomic E-state index is 11.7. The van der Waals surface area contributed by atoms with Crippen LogP contribution in [0.15, 0.2) is 36.7 Å². The van der Waals surface area contributed by atoms with Crippen LogP contribution in [0.25, 0.3) is 0 Å². The zero-order valence-electron chi connectivity index (χ0n) is 14.0. The fraction of sp³-hybridized carbons (Fsp3) is 0.444. The Labute approximate surface area is 142 Å². The molecule has 0 spiro atoms. The number of hydrogen-bond acceptors (Lipinski definition) is 5. The Bertz CT molecular complexity index is 668. The van der Waals surface area contributed by atoms with Crippen molar-refractivity contribution in [3.63, 3.8) is 0 Å². The van der Waals surface area contributed by atoms with E-state index in [1.165, 1.54) is 0 Å². The molecule has 3 rings (SSSR count). The molecule has 2 aromatic heterocycles. The SMILES string of the molecule is CCC(=O)N1CCC(Cc2cccc(Nc3ncccn3)n2)CC1. The zero-order valence-corrected chi connectivity index (χ0v) is 14.0. The molecule has 0 saturated carbocycles. The number of nitrogens with zero attached hydrogens (tertiary/aromatic N) is 4. The number of carbonyl (C=O) groups excluding carboxylic acids is 1. The van der Waals surface area contributed by atoms with E-state index < -0.39 is 0 Å². The minimum Gasteiger partial charge on any atom is -0.343 e. The number of amides is 1. The van der Waals surface area contributed by atoms with Crippen molar-refractivity contribution in [1.82, 2.24) is 19.9 Å². The maximum atomic E-state index is 11.7. The first-order chi connectivity index (χ1) is 11.7. The number of hydrogen-bond donors (Lipinski definition) is 1. The van der Waals surface area contributed by atoms with Gasteiger partial charge in [-0.05, 0) is 43.4 Å². The molecular formula is C18H23N5O. The van der Waals surface area contributed by atoms with Crippen molar-refractivity contribution in [2.45, 2.75) is 32.6 Å². The van der Waals surface area contributed by atoms with Crippen LogP contribution in [0.1, 0.15) is 31.9 Å². The minimum absolute atomic E-state index is 0.264. The molecule has 0 bridgehead atoms. The number of piperidine rings is 1. The van der Waals surface area contributed by atoms with E-state index in [0.29, 0.717) is 18.3 Å². The second-order valence-electron chi connectivity index (χ2n) is 6.09. The monoisotopic (exact) mass is 325 g/mol. The van der Waals surface area contributed by atoms with Gasteiger partial charge in [0.2, 0.25) is 11.9 Å². The van der Waals surface area contributed by atoms with Crippen LogP contribution in [0.2, 0.25) is 0 Å². The number of anilines is 2. The molecule has 0 radical (unpaired) electrons. The van der Waals surface area contributed by atoms with Crippen LogP contribution in [-0.4, -0.2) is 38.8 Å². The summed E-state index contributed by atoms with van der Waals surface area (Å²) in [6, 6.07) is 7.76. The highest BCUT2D eigenvalue weighted by molar-refractivity contribution is 5.75. The van der Waals surface area contributed by atoms with Crippen LogP contribution < -0.4 is 5.32 Å². The van der Waals surface area contributed by atoms with Gasteiger partial charge in [-0.1, -0.05) is 13.0 Å². The van der Waals surface area contributed by atoms with Gasteiger partial charge in [-0.3, -0.25) is 4.79 Å². The topological polar surface area (TPSA) is 71.0 Å². The summed E-state index contributed by atoms with van der Waals surface area (Å²) >= 11 is 0. The van der Waals surface area contributed by atoms with Crippen molar-refractivity contribution in [3.8, 4) is 0 Å². The van der Waals surface area contributed by atoms with E-state index in [-0.39, 0.29) is 5.91 Å². The second kappa shape index (κ2) is 7.86. The smallest absolute Gasteiger partial charge is 0.228 e. The molecule has 0 atom stereocenters. The molecule has 24 heavy (non-hydrogen) atoms. The average molecular weight is 325 g/mol. The molecule has 2 aromatic rings. The third kappa shape index (κ3) is 4.28. The first kappa shape index (κ1) is 16.4. The average Bonchev–Trinajstić information content (AvgIpc) is 2.63. The van der Waals surface area contributed by atoms with E-state index >= 15 is 0 Å². The third-order valence-corrected chi connectivity index (χ3v) is 4.38. The van der Waals surface area contributed by atoms with Crippen molar-refractivity contribution in [3.05, 3.63) is 42.4 Å². The van der Waals surface area contributed by atoms with E-state index in [1.807, 2.05) is 24.0 Å². The van der Waals surface area contributed by atoms with Gasteiger partial charge in [-0.25, -0.2) is 15.0 Å². The van der Waals surface area contributed by atoms with Gasteiger partial charge in [0.1, 0.15) is 5.82 Å². The van der Waals surface area contributed by atoms with Crippen molar-refractivity contribution in [2.75, 3.05) is 18.4 Å². The lowest BCUT2D eigenvalue weighted by Crippen LogP contribution is -2.38. The lowest BCUT2D eigenvalue weighted by Gasteiger charge is -2.31. The van der Waals surface area contributed by atoms with E-state index in [1.54, 1.807) is 18.5 Å². The summed E-state index contributed by atoms with van der Waals surface area (Å²) in [6.07, 6.45) is 7.04. The van der Waals surface area contributed by atoms with Crippen LogP contribution in [-0.2, 0) is 11.2 Å². The Hall–Kier alpha value is -2.50. The Morgan fingerprint density at radius 1 is 1.21 bits per heavy atom. The van der Waals surface area contributed by atoms with Crippen LogP contribution in [0.3, 0.4) is 0 Å². The highest BCUT2D eigenvalue weighted by atomic mass is 16.2. The highest BCUT2D eigenvalue weighted by Crippen LogP contribution is 2.22.